The summed E-state index contributed by atoms with van der Waals surface area (Å²) < 4.78 is 35.9. The van der Waals surface area contributed by atoms with E-state index in [0.717, 1.165) is 12.0 Å². The molecule has 0 bridgehead atoms. The number of rotatable bonds is 5. The van der Waals surface area contributed by atoms with Crippen molar-refractivity contribution in [3.8, 4) is 0 Å². The quantitative estimate of drug-likeness (QED) is 0.770. The minimum Gasteiger partial charge on any atom is -0.306 e. The molecule has 1 aromatic carbocycles. The number of halogens is 3. The first-order chi connectivity index (χ1) is 8.47. The third-order valence-corrected chi connectivity index (χ3v) is 2.40. The topological polar surface area (TPSA) is 3.24 Å². The van der Waals surface area contributed by atoms with Crippen LogP contribution in [0.15, 0.2) is 30.3 Å². The van der Waals surface area contributed by atoms with E-state index in [1.165, 1.54) is 0 Å². The molecule has 0 aromatic heterocycles. The molecule has 0 aliphatic rings. The van der Waals surface area contributed by atoms with Crippen molar-refractivity contribution in [3.05, 3.63) is 35.9 Å². The lowest BCUT2D eigenvalue weighted by Crippen LogP contribution is -2.26. The summed E-state index contributed by atoms with van der Waals surface area (Å²) in [6.07, 6.45) is -4.01. The third-order valence-electron chi connectivity index (χ3n) is 2.40. The predicted molar refractivity (Wildman–Crippen MR) is 69.7 cm³/mol. The average molecular weight is 261 g/mol. The summed E-state index contributed by atoms with van der Waals surface area (Å²) in [5.41, 5.74) is 1.15. The van der Waals surface area contributed by atoms with E-state index in [1.54, 1.807) is 11.9 Å². The highest BCUT2D eigenvalue weighted by molar-refractivity contribution is 5.14. The van der Waals surface area contributed by atoms with E-state index in [1.807, 2.05) is 44.2 Å². The fourth-order valence-corrected chi connectivity index (χ4v) is 1.39. The summed E-state index contributed by atoms with van der Waals surface area (Å²) >= 11 is 0. The number of likely N-dealkylation sites (N-methyl/N-ethyl adjacent to an activating group) is 1. The SMILES string of the molecule is CC.CN(CCc1ccccc1)CCC(F)(F)F. The van der Waals surface area contributed by atoms with Crippen LogP contribution >= 0.6 is 0 Å². The normalized spacial score (nSPS) is 11.1. The van der Waals surface area contributed by atoms with Crippen molar-refractivity contribution in [3.63, 3.8) is 0 Å². The Morgan fingerprint density at radius 2 is 1.56 bits per heavy atom. The molecule has 0 fully saturated rings. The number of benzene rings is 1. The number of hydrogen-bond acceptors (Lipinski definition) is 1. The van der Waals surface area contributed by atoms with Gasteiger partial charge in [0, 0.05) is 13.1 Å². The van der Waals surface area contributed by atoms with Gasteiger partial charge in [0.05, 0.1) is 6.42 Å². The molecule has 0 saturated carbocycles. The van der Waals surface area contributed by atoms with E-state index >= 15 is 0 Å². The zero-order valence-electron chi connectivity index (χ0n) is 11.3. The summed E-state index contributed by atoms with van der Waals surface area (Å²) in [5.74, 6) is 0. The Labute approximate surface area is 108 Å². The second-order valence-corrected chi connectivity index (χ2v) is 3.90. The molecule has 0 saturated heterocycles. The predicted octanol–water partition coefficient (Wildman–Crippen LogP) is 4.14. The zero-order chi connectivity index (χ0) is 14.0. The van der Waals surface area contributed by atoms with Gasteiger partial charge >= 0.3 is 6.18 Å². The molecule has 104 valence electrons. The zero-order valence-corrected chi connectivity index (χ0v) is 11.3. The Balaban J connectivity index is 0.00000137. The Hall–Kier alpha value is -1.03. The number of alkyl halides is 3. The molecule has 0 heterocycles. The van der Waals surface area contributed by atoms with Crippen molar-refractivity contribution in [2.75, 3.05) is 20.1 Å². The van der Waals surface area contributed by atoms with Gasteiger partial charge < -0.3 is 4.90 Å². The van der Waals surface area contributed by atoms with Crippen molar-refractivity contribution in [2.24, 2.45) is 0 Å². The van der Waals surface area contributed by atoms with Crippen molar-refractivity contribution in [1.29, 1.82) is 0 Å². The van der Waals surface area contributed by atoms with E-state index in [4.69, 9.17) is 0 Å². The van der Waals surface area contributed by atoms with Crippen LogP contribution in [0.4, 0.5) is 13.2 Å². The minimum absolute atomic E-state index is 0.0658. The summed E-state index contributed by atoms with van der Waals surface area (Å²) in [7, 11) is 1.72. The Bertz CT molecular complexity index is 296. The lowest BCUT2D eigenvalue weighted by atomic mass is 10.1. The lowest BCUT2D eigenvalue weighted by Gasteiger charge is -2.17. The molecule has 0 radical (unpaired) electrons. The standard InChI is InChI=1S/C12H16F3N.C2H6/c1-16(10-8-12(13,14)15)9-7-11-5-3-2-4-6-11;1-2/h2-6H,7-10H2,1H3;1-2H3. The van der Waals surface area contributed by atoms with Crippen molar-refractivity contribution < 1.29 is 13.2 Å². The smallest absolute Gasteiger partial charge is 0.306 e. The van der Waals surface area contributed by atoms with Crippen molar-refractivity contribution in [1.82, 2.24) is 4.90 Å². The first-order valence-corrected chi connectivity index (χ1v) is 6.26. The highest BCUT2D eigenvalue weighted by atomic mass is 19.4. The molecule has 0 unspecified atom stereocenters. The second kappa shape index (κ2) is 8.97. The van der Waals surface area contributed by atoms with Crippen LogP contribution in [0.5, 0.6) is 0 Å². The molecule has 1 nitrogen and oxygen atoms in total. The van der Waals surface area contributed by atoms with E-state index in [-0.39, 0.29) is 6.54 Å². The molecule has 4 heteroatoms. The molecular formula is C14H22F3N. The first kappa shape index (κ1) is 17.0. The van der Waals surface area contributed by atoms with Gasteiger partial charge in [-0.05, 0) is 19.0 Å². The molecular weight excluding hydrogens is 239 g/mol. The van der Waals surface area contributed by atoms with Crippen LogP contribution in [-0.4, -0.2) is 31.2 Å². The van der Waals surface area contributed by atoms with Gasteiger partial charge in [0.25, 0.3) is 0 Å². The number of hydrogen-bond donors (Lipinski definition) is 0. The van der Waals surface area contributed by atoms with Crippen LogP contribution in [0.1, 0.15) is 25.8 Å². The lowest BCUT2D eigenvalue weighted by molar-refractivity contribution is -0.137. The fraction of sp³-hybridized carbons (Fsp3) is 0.571. The first-order valence-electron chi connectivity index (χ1n) is 6.26. The van der Waals surface area contributed by atoms with Crippen LogP contribution in [0.3, 0.4) is 0 Å². The van der Waals surface area contributed by atoms with Crippen LogP contribution in [-0.2, 0) is 6.42 Å². The van der Waals surface area contributed by atoms with Gasteiger partial charge in [0.1, 0.15) is 0 Å². The Morgan fingerprint density at radius 1 is 1.00 bits per heavy atom. The molecule has 18 heavy (non-hydrogen) atoms. The summed E-state index contributed by atoms with van der Waals surface area (Å²) in [6.45, 7) is 4.72. The maximum atomic E-state index is 12.0. The minimum atomic E-state index is -4.05. The molecule has 0 amide bonds. The van der Waals surface area contributed by atoms with Crippen LogP contribution in [0, 0.1) is 0 Å². The van der Waals surface area contributed by atoms with E-state index < -0.39 is 12.6 Å². The molecule has 0 spiro atoms. The van der Waals surface area contributed by atoms with E-state index in [2.05, 4.69) is 0 Å². The maximum absolute atomic E-state index is 12.0. The van der Waals surface area contributed by atoms with Crippen LogP contribution in [0.2, 0.25) is 0 Å². The molecule has 0 atom stereocenters. The average Bonchev–Trinajstić information content (AvgIpc) is 2.37. The Morgan fingerprint density at radius 3 is 2.06 bits per heavy atom. The van der Waals surface area contributed by atoms with Gasteiger partial charge in [-0.3, -0.25) is 0 Å². The van der Waals surface area contributed by atoms with Crippen molar-refractivity contribution >= 4 is 0 Å². The summed E-state index contributed by atoms with van der Waals surface area (Å²) in [5, 5.41) is 0. The van der Waals surface area contributed by atoms with Gasteiger partial charge in [0.2, 0.25) is 0 Å². The molecule has 0 aliphatic carbocycles. The second-order valence-electron chi connectivity index (χ2n) is 3.90. The van der Waals surface area contributed by atoms with Gasteiger partial charge in [-0.25, -0.2) is 0 Å². The van der Waals surface area contributed by atoms with E-state index in [0.29, 0.717) is 6.54 Å². The van der Waals surface area contributed by atoms with Crippen LogP contribution < -0.4 is 0 Å². The largest absolute Gasteiger partial charge is 0.390 e. The maximum Gasteiger partial charge on any atom is 0.390 e. The highest BCUT2D eigenvalue weighted by Crippen LogP contribution is 2.19. The van der Waals surface area contributed by atoms with Crippen LogP contribution in [0.25, 0.3) is 0 Å². The van der Waals surface area contributed by atoms with Gasteiger partial charge in [-0.2, -0.15) is 13.2 Å². The van der Waals surface area contributed by atoms with E-state index in [9.17, 15) is 13.2 Å². The summed E-state index contributed by atoms with van der Waals surface area (Å²) in [6, 6.07) is 9.77. The molecule has 0 aliphatic heterocycles. The fourth-order valence-electron chi connectivity index (χ4n) is 1.39. The Kier molecular flexibility index (Phi) is 8.46. The molecule has 1 rings (SSSR count). The number of nitrogens with zero attached hydrogens (tertiary/aromatic N) is 1. The van der Waals surface area contributed by atoms with Gasteiger partial charge in [-0.15, -0.1) is 0 Å². The highest BCUT2D eigenvalue weighted by Gasteiger charge is 2.26. The third kappa shape index (κ3) is 9.05. The van der Waals surface area contributed by atoms with Gasteiger partial charge in [0.15, 0.2) is 0 Å². The molecule has 0 N–H and O–H groups in total. The monoisotopic (exact) mass is 261 g/mol. The summed E-state index contributed by atoms with van der Waals surface area (Å²) in [4.78, 5) is 1.71. The molecule has 1 aromatic rings. The van der Waals surface area contributed by atoms with Crippen molar-refractivity contribution in [2.45, 2.75) is 32.9 Å². The van der Waals surface area contributed by atoms with Gasteiger partial charge in [-0.1, -0.05) is 44.2 Å².